The molecule has 0 spiro atoms. The van der Waals surface area contributed by atoms with Crippen molar-refractivity contribution in [3.63, 3.8) is 0 Å². The highest BCUT2D eigenvalue weighted by atomic mass is 16.2. The number of carbonyl (C=O) groups is 2. The summed E-state index contributed by atoms with van der Waals surface area (Å²) in [6, 6.07) is 24.4. The van der Waals surface area contributed by atoms with Crippen LogP contribution in [0.1, 0.15) is 29.7 Å². The molecule has 0 saturated heterocycles. The van der Waals surface area contributed by atoms with E-state index < -0.39 is 0 Å². The Morgan fingerprint density at radius 3 is 2.00 bits per heavy atom. The van der Waals surface area contributed by atoms with Gasteiger partial charge < -0.3 is 16.0 Å². The molecule has 5 heteroatoms. The molecule has 0 radical (unpaired) electrons. The van der Waals surface area contributed by atoms with Crippen molar-refractivity contribution < 1.29 is 9.59 Å². The molecule has 0 saturated carbocycles. The summed E-state index contributed by atoms with van der Waals surface area (Å²) in [7, 11) is 0. The van der Waals surface area contributed by atoms with Crippen molar-refractivity contribution in [1.82, 2.24) is 10.6 Å². The topological polar surface area (TPSA) is 70.2 Å². The van der Waals surface area contributed by atoms with Gasteiger partial charge in [0.05, 0.1) is 13.1 Å². The van der Waals surface area contributed by atoms with Crippen molar-refractivity contribution in [3.05, 3.63) is 89.5 Å². The number of rotatable bonds is 8. The second-order valence-corrected chi connectivity index (χ2v) is 7.68. The number of benzene rings is 3. The number of para-hydroxylation sites is 1. The molecule has 0 bridgehead atoms. The van der Waals surface area contributed by atoms with Gasteiger partial charge in [-0.3, -0.25) is 9.59 Å². The molecule has 5 nitrogen and oxygen atoms in total. The predicted molar refractivity (Wildman–Crippen MR) is 126 cm³/mol. The van der Waals surface area contributed by atoms with Crippen LogP contribution in [0, 0.1) is 13.8 Å². The number of amides is 2. The van der Waals surface area contributed by atoms with Crippen LogP contribution in [0.25, 0.3) is 11.1 Å². The van der Waals surface area contributed by atoms with Gasteiger partial charge in [0.15, 0.2) is 0 Å². The van der Waals surface area contributed by atoms with E-state index in [4.69, 9.17) is 0 Å². The third-order valence-corrected chi connectivity index (χ3v) is 5.28. The first-order chi connectivity index (χ1) is 14.9. The van der Waals surface area contributed by atoms with Crippen LogP contribution in [-0.2, 0) is 9.59 Å². The van der Waals surface area contributed by atoms with Crippen LogP contribution < -0.4 is 16.0 Å². The Morgan fingerprint density at radius 2 is 1.35 bits per heavy atom. The summed E-state index contributed by atoms with van der Waals surface area (Å²) in [5.41, 5.74) is 6.21. The van der Waals surface area contributed by atoms with Gasteiger partial charge in [-0.25, -0.2) is 0 Å². The molecular formula is C26H29N3O2. The summed E-state index contributed by atoms with van der Waals surface area (Å²) in [6.07, 6.45) is 0. The molecule has 0 fully saturated rings. The van der Waals surface area contributed by atoms with Crippen LogP contribution in [-0.4, -0.2) is 24.9 Å². The zero-order valence-corrected chi connectivity index (χ0v) is 18.2. The normalized spacial score (nSPS) is 11.6. The standard InChI is InChI=1S/C26H29N3O2/c1-18-8-7-9-19(2)26(18)29-25(31)17-28-24(30)16-27-20(3)21-12-14-23(15-13-21)22-10-5-4-6-11-22/h4-15,20,27H,16-17H2,1-3H3,(H,28,30)(H,29,31)/t20-/m1/s1. The van der Waals surface area contributed by atoms with E-state index >= 15 is 0 Å². The van der Waals surface area contributed by atoms with Gasteiger partial charge in [0.1, 0.15) is 0 Å². The number of carbonyl (C=O) groups excluding carboxylic acids is 2. The minimum Gasteiger partial charge on any atom is -0.346 e. The molecule has 3 aromatic carbocycles. The summed E-state index contributed by atoms with van der Waals surface area (Å²) in [5.74, 6) is -0.459. The van der Waals surface area contributed by atoms with Crippen molar-refractivity contribution >= 4 is 17.5 Å². The SMILES string of the molecule is Cc1cccc(C)c1NC(=O)CNC(=O)CN[C@H](C)c1ccc(-c2ccccc2)cc1. The lowest BCUT2D eigenvalue weighted by atomic mass is 10.0. The minimum absolute atomic E-state index is 0.0130. The molecule has 0 unspecified atom stereocenters. The monoisotopic (exact) mass is 415 g/mol. The molecule has 1 atom stereocenters. The van der Waals surface area contributed by atoms with Gasteiger partial charge in [0.25, 0.3) is 0 Å². The van der Waals surface area contributed by atoms with E-state index in [1.165, 1.54) is 5.56 Å². The van der Waals surface area contributed by atoms with Gasteiger partial charge in [-0.1, -0.05) is 72.8 Å². The molecule has 2 amide bonds. The van der Waals surface area contributed by atoms with Gasteiger partial charge in [-0.2, -0.15) is 0 Å². The van der Waals surface area contributed by atoms with E-state index in [2.05, 4.69) is 52.3 Å². The van der Waals surface area contributed by atoms with Crippen molar-refractivity contribution in [2.24, 2.45) is 0 Å². The highest BCUT2D eigenvalue weighted by molar-refractivity contribution is 5.95. The van der Waals surface area contributed by atoms with Crippen LogP contribution >= 0.6 is 0 Å². The zero-order valence-electron chi connectivity index (χ0n) is 18.2. The smallest absolute Gasteiger partial charge is 0.243 e. The maximum Gasteiger partial charge on any atom is 0.243 e. The van der Waals surface area contributed by atoms with Crippen molar-refractivity contribution in [1.29, 1.82) is 0 Å². The fourth-order valence-electron chi connectivity index (χ4n) is 3.40. The molecule has 0 aliphatic carbocycles. The molecule has 31 heavy (non-hydrogen) atoms. The largest absolute Gasteiger partial charge is 0.346 e. The molecule has 3 N–H and O–H groups in total. The Morgan fingerprint density at radius 1 is 0.742 bits per heavy atom. The molecule has 0 aliphatic heterocycles. The van der Waals surface area contributed by atoms with E-state index in [0.717, 1.165) is 27.9 Å². The zero-order chi connectivity index (χ0) is 22.2. The first kappa shape index (κ1) is 22.2. The summed E-state index contributed by atoms with van der Waals surface area (Å²) >= 11 is 0. The molecule has 3 aromatic rings. The molecule has 0 aliphatic rings. The Labute approximate surface area is 183 Å². The minimum atomic E-state index is -0.240. The first-order valence-electron chi connectivity index (χ1n) is 10.5. The molecule has 0 aromatic heterocycles. The van der Waals surface area contributed by atoms with E-state index in [1.54, 1.807) is 0 Å². The van der Waals surface area contributed by atoms with E-state index in [1.807, 2.05) is 57.2 Å². The quantitative estimate of drug-likeness (QED) is 0.511. The van der Waals surface area contributed by atoms with E-state index in [9.17, 15) is 9.59 Å². The molecule has 160 valence electrons. The lowest BCUT2D eigenvalue weighted by Crippen LogP contribution is -2.39. The summed E-state index contributed by atoms with van der Waals surface area (Å²) in [6.45, 7) is 5.98. The Hall–Kier alpha value is -3.44. The summed E-state index contributed by atoms with van der Waals surface area (Å²) < 4.78 is 0. The maximum absolute atomic E-state index is 12.2. The van der Waals surface area contributed by atoms with Crippen molar-refractivity contribution in [2.45, 2.75) is 26.8 Å². The van der Waals surface area contributed by atoms with E-state index in [0.29, 0.717) is 0 Å². The maximum atomic E-state index is 12.2. The highest BCUT2D eigenvalue weighted by Gasteiger charge is 2.11. The van der Waals surface area contributed by atoms with E-state index in [-0.39, 0.29) is 30.9 Å². The van der Waals surface area contributed by atoms with Crippen LogP contribution in [0.15, 0.2) is 72.8 Å². The summed E-state index contributed by atoms with van der Waals surface area (Å²) in [5, 5.41) is 8.74. The fourth-order valence-corrected chi connectivity index (χ4v) is 3.40. The fraction of sp³-hybridized carbons (Fsp3) is 0.231. The lowest BCUT2D eigenvalue weighted by Gasteiger charge is -2.15. The second kappa shape index (κ2) is 10.5. The average molecular weight is 416 g/mol. The number of nitrogens with one attached hydrogen (secondary N) is 3. The molecular weight excluding hydrogens is 386 g/mol. The first-order valence-corrected chi connectivity index (χ1v) is 10.5. The van der Waals surface area contributed by atoms with Crippen LogP contribution in [0.4, 0.5) is 5.69 Å². The van der Waals surface area contributed by atoms with Crippen LogP contribution in [0.5, 0.6) is 0 Å². The average Bonchev–Trinajstić information content (AvgIpc) is 2.79. The second-order valence-electron chi connectivity index (χ2n) is 7.68. The highest BCUT2D eigenvalue weighted by Crippen LogP contribution is 2.22. The Balaban J connectivity index is 1.44. The summed E-state index contributed by atoms with van der Waals surface area (Å²) in [4.78, 5) is 24.3. The van der Waals surface area contributed by atoms with Gasteiger partial charge >= 0.3 is 0 Å². The lowest BCUT2D eigenvalue weighted by molar-refractivity contribution is -0.123. The number of anilines is 1. The predicted octanol–water partition coefficient (Wildman–Crippen LogP) is 4.38. The van der Waals surface area contributed by atoms with Gasteiger partial charge in [0, 0.05) is 11.7 Å². The van der Waals surface area contributed by atoms with Gasteiger partial charge in [0.2, 0.25) is 11.8 Å². The number of hydrogen-bond donors (Lipinski definition) is 3. The number of hydrogen-bond acceptors (Lipinski definition) is 3. The third-order valence-electron chi connectivity index (χ3n) is 5.28. The number of aryl methyl sites for hydroxylation is 2. The van der Waals surface area contributed by atoms with Gasteiger partial charge in [-0.15, -0.1) is 0 Å². The van der Waals surface area contributed by atoms with Crippen molar-refractivity contribution in [2.75, 3.05) is 18.4 Å². The molecule has 0 heterocycles. The van der Waals surface area contributed by atoms with Crippen LogP contribution in [0.2, 0.25) is 0 Å². The van der Waals surface area contributed by atoms with Crippen molar-refractivity contribution in [3.8, 4) is 11.1 Å². The third kappa shape index (κ3) is 6.27. The van der Waals surface area contributed by atoms with Crippen LogP contribution in [0.3, 0.4) is 0 Å². The Kier molecular flexibility index (Phi) is 7.57. The Bertz CT molecular complexity index is 1010. The molecule has 3 rings (SSSR count). The van der Waals surface area contributed by atoms with Gasteiger partial charge in [-0.05, 0) is 48.6 Å².